The van der Waals surface area contributed by atoms with Crippen molar-refractivity contribution in [3.8, 4) is 0 Å². The van der Waals surface area contributed by atoms with Gasteiger partial charge in [-0.3, -0.25) is 43.3 Å². The Morgan fingerprint density at radius 1 is 0.647 bits per heavy atom. The number of allylic oxidation sites excluding steroid dienone is 5. The van der Waals surface area contributed by atoms with E-state index >= 15 is 0 Å². The van der Waals surface area contributed by atoms with Crippen molar-refractivity contribution in [1.82, 2.24) is 0 Å². The number of thiol groups is 1. The number of hydrogen-bond donors (Lipinski definition) is 8. The minimum absolute atomic E-state index is 0. The van der Waals surface area contributed by atoms with Gasteiger partial charge in [0.25, 0.3) is 10.1 Å². The van der Waals surface area contributed by atoms with Crippen LogP contribution in [0.15, 0.2) is 133 Å². The molecule has 3 atom stereocenters. The summed E-state index contributed by atoms with van der Waals surface area (Å²) < 4.78 is 42.9. The summed E-state index contributed by atoms with van der Waals surface area (Å²) in [5.41, 5.74) is 5.14. The van der Waals surface area contributed by atoms with Crippen molar-refractivity contribution in [1.29, 1.82) is 0 Å². The van der Waals surface area contributed by atoms with Crippen LogP contribution in [0.1, 0.15) is 141 Å². The SMILES string of the molecule is CC1(CCCCCC(=O)O)C(C=C2C(=O)C(C=C3Nc4ccc(S(=O)(=O)O)cc4C3(C)CCCCCC(=O)O)=C2S)=Nc2ccc(SOOO)cc21.CC1=Nc2ccc(SOOO)cc2C1(C)CCCCCC(=O)O.O=c1c([S-])c([S-])c1=O.[Na+].[Na+]. The van der Waals surface area contributed by atoms with Crippen LogP contribution in [-0.4, -0.2) is 73.9 Å². The van der Waals surface area contributed by atoms with E-state index in [1.54, 1.807) is 24.3 Å². The minimum atomic E-state index is -4.49. The second-order valence-corrected chi connectivity index (χ2v) is 24.9. The molecule has 0 aromatic heterocycles. The van der Waals surface area contributed by atoms with Gasteiger partial charge >= 0.3 is 77.0 Å². The van der Waals surface area contributed by atoms with Gasteiger partial charge in [0.1, 0.15) is 0 Å². The molecule has 21 nitrogen and oxygen atoms in total. The fourth-order valence-electron chi connectivity index (χ4n) is 10.3. The second kappa shape index (κ2) is 32.7. The number of anilines is 1. The number of fused-ring (bicyclic) bond motifs is 3. The van der Waals surface area contributed by atoms with Crippen LogP contribution in [-0.2, 0) is 89.5 Å². The van der Waals surface area contributed by atoms with Gasteiger partial charge in [0.05, 0.1) is 46.1 Å². The number of carboxylic acids is 3. The molecule has 4 aromatic carbocycles. The second-order valence-electron chi connectivity index (χ2n) is 20.7. The maximum atomic E-state index is 13.8. The van der Waals surface area contributed by atoms with Gasteiger partial charge in [0.2, 0.25) is 10.9 Å². The summed E-state index contributed by atoms with van der Waals surface area (Å²) in [7, 11) is -4.49. The van der Waals surface area contributed by atoms with E-state index in [4.69, 9.17) is 43.5 Å². The summed E-state index contributed by atoms with van der Waals surface area (Å²) in [5, 5.41) is 54.4. The van der Waals surface area contributed by atoms with Gasteiger partial charge in [-0.1, -0.05) is 55.5 Å². The number of carbonyl (C=O) groups is 4. The largest absolute Gasteiger partial charge is 1.00 e. The molecule has 0 bridgehead atoms. The third-order valence-corrected chi connectivity index (χ3v) is 18.6. The van der Waals surface area contributed by atoms with Crippen molar-refractivity contribution in [2.75, 3.05) is 5.32 Å². The quantitative estimate of drug-likeness (QED) is 0.00356. The number of aliphatic imine (C=N–C) groups is 2. The molecule has 3 unspecified atom stereocenters. The molecule has 0 spiro atoms. The van der Waals surface area contributed by atoms with Gasteiger partial charge in [-0.05, 0) is 143 Å². The Balaban J connectivity index is 0.000000385. The van der Waals surface area contributed by atoms with Crippen LogP contribution in [0.25, 0.3) is 0 Å². The Kier molecular flexibility index (Phi) is 28.4. The molecule has 0 amide bonds. The third kappa shape index (κ3) is 18.3. The number of nitrogens with one attached hydrogen (secondary N) is 1. The zero-order chi connectivity index (χ0) is 61.0. The molecule has 3 heterocycles. The first-order chi connectivity index (χ1) is 39.2. The number of aliphatic carboxylic acids is 3. The fraction of sp³-hybridized carbons (Fsp3) is 0.393. The van der Waals surface area contributed by atoms with Crippen LogP contribution in [0.4, 0.5) is 17.1 Å². The van der Waals surface area contributed by atoms with Crippen molar-refractivity contribution in [2.24, 2.45) is 9.98 Å². The van der Waals surface area contributed by atoms with E-state index in [2.05, 4.69) is 61.2 Å². The molecule has 85 heavy (non-hydrogen) atoms. The molecule has 29 heteroatoms. The summed E-state index contributed by atoms with van der Waals surface area (Å²) in [4.78, 5) is 78.1. The molecule has 4 aromatic rings. The Hall–Kier alpha value is -3.66. The standard InChI is InChI=1S/C36H40N2O11S3.C16H21NO5S.C4H2O2S2.2Na/c1-35(15-7-3-5-9-31(39)40)25-17-21(51-49-48-44)11-13-27(25)37-29(35)19-23-33(43)24(34(23)50)20-30-36(2,16-8-4-6-10-32(41)42)26-18-22(52(45,46)47)12-14-28(26)38-30;1-11-16(2,9-5-3-4-6-15(18)19)13-10-12(23-22-21-20)7-8-14(13)17-11;5-1-2(6)4(8)3(1)7;;/h11-14,17-20,38,44,50H,3-10,15-16H2,1-2H3,(H,39,40)(H,41,42)(H,45,46,47);7-8,10,20H,3-6,9H2,1-2H3,(H,18,19);7-8H;;/q;;;2*+1/p-2. The normalized spacial score (nSPS) is 19.9. The number of Topliss-reactive ketones (excluding diaryl/α,β-unsaturated/α-hetero) is 1. The third-order valence-electron chi connectivity index (χ3n) is 15.2. The Morgan fingerprint density at radius 3 is 1.55 bits per heavy atom. The first-order valence-corrected chi connectivity index (χ1v) is 30.3. The van der Waals surface area contributed by atoms with Crippen molar-refractivity contribution >= 4 is 124 Å². The molecule has 0 saturated heterocycles. The van der Waals surface area contributed by atoms with E-state index in [9.17, 15) is 41.7 Å². The molecule has 1 aliphatic carbocycles. The number of nitrogens with zero attached hydrogens (tertiary/aromatic N) is 2. The Labute approximate surface area is 560 Å². The van der Waals surface area contributed by atoms with Crippen molar-refractivity contribution < 1.29 is 136 Å². The van der Waals surface area contributed by atoms with Gasteiger partial charge in [-0.25, -0.2) is 10.5 Å². The summed E-state index contributed by atoms with van der Waals surface area (Å²) >= 11 is 15.3. The van der Waals surface area contributed by atoms with Gasteiger partial charge in [0.15, 0.2) is 5.78 Å². The van der Waals surface area contributed by atoms with Gasteiger partial charge in [0, 0.05) is 78.4 Å². The summed E-state index contributed by atoms with van der Waals surface area (Å²) in [5.74, 6) is -2.74. The molecule has 446 valence electrons. The van der Waals surface area contributed by atoms with E-state index in [1.165, 1.54) is 12.1 Å². The predicted octanol–water partition coefficient (Wildman–Crippen LogP) is 5.35. The molecule has 0 radical (unpaired) electrons. The van der Waals surface area contributed by atoms with Gasteiger partial charge < -0.3 is 45.9 Å². The maximum absolute atomic E-state index is 13.8. The number of carboxylic acid groups (broad SMARTS) is 3. The summed E-state index contributed by atoms with van der Waals surface area (Å²) in [6.45, 7) is 8.11. The average molecular weight is 1300 g/mol. The number of rotatable bonds is 27. The van der Waals surface area contributed by atoms with E-state index < -0.39 is 49.7 Å². The first-order valence-electron chi connectivity index (χ1n) is 26.1. The van der Waals surface area contributed by atoms with Crippen LogP contribution in [0.3, 0.4) is 0 Å². The van der Waals surface area contributed by atoms with E-state index in [1.807, 2.05) is 51.1 Å². The van der Waals surface area contributed by atoms with E-state index in [-0.39, 0.29) is 104 Å². The monoisotopic (exact) mass is 1300 g/mol. The zero-order valence-corrected chi connectivity index (χ0v) is 56.4. The molecule has 3 aliphatic heterocycles. The topological polar surface area (TPSA) is 332 Å². The first kappa shape index (κ1) is 73.8. The predicted molar refractivity (Wildman–Crippen MR) is 318 cm³/mol. The smallest absolute Gasteiger partial charge is 0.777 e. The van der Waals surface area contributed by atoms with Crippen molar-refractivity contribution in [3.05, 3.63) is 126 Å². The molecular formula is C56H61N3Na2O18S6. The van der Waals surface area contributed by atoms with E-state index in [0.717, 1.165) is 70.8 Å². The van der Waals surface area contributed by atoms with Crippen molar-refractivity contribution in [2.45, 2.75) is 165 Å². The Morgan fingerprint density at radius 2 is 1.11 bits per heavy atom. The van der Waals surface area contributed by atoms with Crippen LogP contribution in [0.2, 0.25) is 0 Å². The maximum Gasteiger partial charge on any atom is 1.00 e. The minimum Gasteiger partial charge on any atom is -0.777 e. The number of benzene rings is 3. The summed E-state index contributed by atoms with van der Waals surface area (Å²) in [6.07, 6.45) is 12.0. The van der Waals surface area contributed by atoms with Crippen LogP contribution in [0.5, 0.6) is 0 Å². The molecule has 0 fully saturated rings. The number of hydrogen-bond acceptors (Lipinski definition) is 22. The summed E-state index contributed by atoms with van der Waals surface area (Å²) in [6, 6.07) is 15.5. The van der Waals surface area contributed by atoms with Crippen molar-refractivity contribution in [3.63, 3.8) is 0 Å². The fourth-order valence-corrected chi connectivity index (χ4v) is 12.3. The average Bonchev–Trinajstić information content (AvgIpc) is 2.72. The molecule has 7 N–H and O–H groups in total. The van der Waals surface area contributed by atoms with E-state index in [0.29, 0.717) is 107 Å². The Bertz CT molecular complexity index is 3480. The number of ketones is 1. The van der Waals surface area contributed by atoms with Crippen LogP contribution in [0, 0.1) is 0 Å². The van der Waals surface area contributed by atoms with Crippen LogP contribution >= 0.6 is 36.7 Å². The number of carbonyl (C=O) groups excluding carboxylic acids is 1. The zero-order valence-electron chi connectivity index (χ0n) is 47.4. The molecule has 8 rings (SSSR count). The van der Waals surface area contributed by atoms with Crippen LogP contribution < -0.4 is 75.3 Å². The number of unbranched alkanes of at least 4 members (excludes halogenated alkanes) is 6. The van der Waals surface area contributed by atoms with Gasteiger partial charge in [-0.2, -0.15) is 8.42 Å². The molecule has 4 aliphatic rings. The molecule has 0 saturated carbocycles. The molecular weight excluding hydrogens is 1240 g/mol. The van der Waals surface area contributed by atoms with Gasteiger partial charge in [-0.15, -0.1) is 31.1 Å².